The van der Waals surface area contributed by atoms with Crippen LogP contribution >= 0.6 is 11.3 Å². The highest BCUT2D eigenvalue weighted by Crippen LogP contribution is 2.10. The topological polar surface area (TPSA) is 48.4 Å². The summed E-state index contributed by atoms with van der Waals surface area (Å²) in [4.78, 5) is 14.7. The molecule has 0 saturated carbocycles. The quantitative estimate of drug-likeness (QED) is 0.704. The molecule has 1 heterocycles. The van der Waals surface area contributed by atoms with Gasteiger partial charge in [0.25, 0.3) is 0 Å². The molecule has 0 aromatic carbocycles. The van der Waals surface area contributed by atoms with E-state index in [0.717, 1.165) is 0 Å². The number of nitrogens with zero attached hydrogens (tertiary/aromatic N) is 1. The van der Waals surface area contributed by atoms with Crippen LogP contribution in [0.2, 0.25) is 0 Å². The van der Waals surface area contributed by atoms with Crippen LogP contribution in [0.5, 0.6) is 5.88 Å². The summed E-state index contributed by atoms with van der Waals surface area (Å²) in [6.07, 6.45) is -0.695. The average molecular weight is 201 g/mol. The summed E-state index contributed by atoms with van der Waals surface area (Å²) in [5.74, 6) is 0.599. The summed E-state index contributed by atoms with van der Waals surface area (Å²) in [5, 5.41) is 1.64. The van der Waals surface area contributed by atoms with Crippen molar-refractivity contribution in [1.82, 2.24) is 4.98 Å². The molecule has 0 N–H and O–H groups in total. The minimum absolute atomic E-state index is 0.291. The van der Waals surface area contributed by atoms with E-state index in [1.54, 1.807) is 10.9 Å². The molecule has 4 nitrogen and oxygen atoms in total. The highest BCUT2D eigenvalue weighted by molar-refractivity contribution is 7.07. The minimum atomic E-state index is -0.695. The molecule has 5 heteroatoms. The molecule has 0 spiro atoms. The molecule has 0 aliphatic rings. The van der Waals surface area contributed by atoms with E-state index >= 15 is 0 Å². The van der Waals surface area contributed by atoms with Gasteiger partial charge in [0, 0.05) is 0 Å². The molecule has 1 aromatic rings. The van der Waals surface area contributed by atoms with E-state index in [1.807, 2.05) is 13.8 Å². The van der Waals surface area contributed by atoms with Crippen LogP contribution in [0.25, 0.3) is 0 Å². The Labute approximate surface area is 80.5 Å². The van der Waals surface area contributed by atoms with Crippen molar-refractivity contribution < 1.29 is 14.3 Å². The first kappa shape index (κ1) is 9.98. The second-order valence-electron chi connectivity index (χ2n) is 2.88. The molecular formula is C8H11NO3S. The molecule has 0 bridgehead atoms. The lowest BCUT2D eigenvalue weighted by molar-refractivity contribution is 0.0873. The van der Waals surface area contributed by atoms with E-state index in [4.69, 9.17) is 9.47 Å². The molecule has 0 aliphatic carbocycles. The van der Waals surface area contributed by atoms with Gasteiger partial charge in [-0.2, -0.15) is 0 Å². The number of ether oxygens (including phenoxy) is 2. The maximum absolute atomic E-state index is 10.9. The van der Waals surface area contributed by atoms with E-state index in [-0.39, 0.29) is 0 Å². The van der Waals surface area contributed by atoms with Crippen molar-refractivity contribution in [3.8, 4) is 5.88 Å². The van der Waals surface area contributed by atoms with Crippen LogP contribution in [0.4, 0.5) is 4.79 Å². The molecule has 0 amide bonds. The number of thiazole rings is 1. The van der Waals surface area contributed by atoms with Gasteiger partial charge in [0.15, 0.2) is 0 Å². The molecule has 0 unspecified atom stereocenters. The van der Waals surface area contributed by atoms with Crippen LogP contribution in [0, 0.1) is 5.92 Å². The van der Waals surface area contributed by atoms with Crippen molar-refractivity contribution in [3.05, 3.63) is 10.9 Å². The summed E-state index contributed by atoms with van der Waals surface area (Å²) < 4.78 is 9.52. The monoisotopic (exact) mass is 201 g/mol. The molecule has 0 saturated heterocycles. The zero-order valence-corrected chi connectivity index (χ0v) is 8.34. The van der Waals surface area contributed by atoms with Crippen LogP contribution in [-0.4, -0.2) is 17.7 Å². The number of carbonyl (C=O) groups excluding carboxylic acids is 1. The number of rotatable bonds is 3. The Kier molecular flexibility index (Phi) is 3.70. The van der Waals surface area contributed by atoms with Gasteiger partial charge in [-0.1, -0.05) is 13.8 Å². The molecular weight excluding hydrogens is 190 g/mol. The molecule has 0 atom stereocenters. The van der Waals surface area contributed by atoms with Gasteiger partial charge in [-0.25, -0.2) is 9.78 Å². The van der Waals surface area contributed by atoms with Crippen molar-refractivity contribution in [1.29, 1.82) is 0 Å². The van der Waals surface area contributed by atoms with Gasteiger partial charge in [-0.3, -0.25) is 0 Å². The summed E-state index contributed by atoms with van der Waals surface area (Å²) in [6, 6.07) is 0. The lowest BCUT2D eigenvalue weighted by Gasteiger charge is -2.05. The Hall–Kier alpha value is -1.10. The van der Waals surface area contributed by atoms with E-state index in [0.29, 0.717) is 18.4 Å². The lowest BCUT2D eigenvalue weighted by Crippen LogP contribution is -2.14. The maximum Gasteiger partial charge on any atom is 0.515 e. The highest BCUT2D eigenvalue weighted by atomic mass is 32.1. The molecule has 0 aliphatic heterocycles. The normalized spacial score (nSPS) is 10.1. The van der Waals surface area contributed by atoms with E-state index in [1.165, 1.54) is 11.3 Å². The first-order valence-corrected chi connectivity index (χ1v) is 4.85. The maximum atomic E-state index is 10.9. The van der Waals surface area contributed by atoms with Gasteiger partial charge >= 0.3 is 6.16 Å². The molecule has 1 rings (SSSR count). The van der Waals surface area contributed by atoms with Crippen molar-refractivity contribution in [2.75, 3.05) is 6.61 Å². The second kappa shape index (κ2) is 4.81. The predicted molar refractivity (Wildman–Crippen MR) is 48.9 cm³/mol. The summed E-state index contributed by atoms with van der Waals surface area (Å²) in [6.45, 7) is 4.27. The fraction of sp³-hybridized carbons (Fsp3) is 0.500. The van der Waals surface area contributed by atoms with Crippen LogP contribution in [0.1, 0.15) is 13.8 Å². The zero-order chi connectivity index (χ0) is 9.68. The first-order chi connectivity index (χ1) is 6.18. The number of carbonyl (C=O) groups is 1. The molecule has 13 heavy (non-hydrogen) atoms. The molecule has 0 fully saturated rings. The van der Waals surface area contributed by atoms with E-state index in [9.17, 15) is 4.79 Å². The van der Waals surface area contributed by atoms with E-state index in [2.05, 4.69) is 4.98 Å². The van der Waals surface area contributed by atoms with E-state index < -0.39 is 6.16 Å². The Morgan fingerprint density at radius 1 is 1.69 bits per heavy atom. The second-order valence-corrected chi connectivity index (χ2v) is 3.60. The Morgan fingerprint density at radius 2 is 2.46 bits per heavy atom. The third kappa shape index (κ3) is 3.89. The average Bonchev–Trinajstić information content (AvgIpc) is 2.53. The molecule has 1 aromatic heterocycles. The predicted octanol–water partition coefficient (Wildman–Crippen LogP) is 2.31. The smallest absolute Gasteiger partial charge is 0.434 e. The van der Waals surface area contributed by atoms with Gasteiger partial charge < -0.3 is 9.47 Å². The Morgan fingerprint density at radius 3 is 3.00 bits per heavy atom. The third-order valence-electron chi connectivity index (χ3n) is 1.13. The van der Waals surface area contributed by atoms with Crippen molar-refractivity contribution in [2.45, 2.75) is 13.8 Å². The standard InChI is InChI=1S/C8H11NO3S/c1-6(2)3-11-8(10)12-7-4-13-5-9-7/h4-6H,3H2,1-2H3. The Bertz CT molecular complexity index is 258. The lowest BCUT2D eigenvalue weighted by atomic mass is 10.2. The van der Waals surface area contributed by atoms with Crippen LogP contribution in [0.3, 0.4) is 0 Å². The van der Waals surface area contributed by atoms with Crippen molar-refractivity contribution in [2.24, 2.45) is 5.92 Å². The SMILES string of the molecule is CC(C)COC(=O)Oc1cscn1. The largest absolute Gasteiger partial charge is 0.515 e. The van der Waals surface area contributed by atoms with Gasteiger partial charge in [0.05, 0.1) is 17.5 Å². The summed E-state index contributed by atoms with van der Waals surface area (Å²) in [7, 11) is 0. The fourth-order valence-corrected chi connectivity index (χ4v) is 1.05. The Balaban J connectivity index is 2.26. The molecule has 72 valence electrons. The summed E-state index contributed by atoms with van der Waals surface area (Å²) >= 11 is 1.36. The first-order valence-electron chi connectivity index (χ1n) is 3.91. The van der Waals surface area contributed by atoms with Gasteiger partial charge in [-0.15, -0.1) is 11.3 Å². The molecule has 0 radical (unpaired) electrons. The van der Waals surface area contributed by atoms with Gasteiger partial charge in [-0.05, 0) is 5.92 Å². The highest BCUT2D eigenvalue weighted by Gasteiger charge is 2.07. The third-order valence-corrected chi connectivity index (χ3v) is 1.70. The van der Waals surface area contributed by atoms with Crippen molar-refractivity contribution >= 4 is 17.5 Å². The summed E-state index contributed by atoms with van der Waals surface area (Å²) in [5.41, 5.74) is 1.59. The van der Waals surface area contributed by atoms with Crippen LogP contribution < -0.4 is 4.74 Å². The van der Waals surface area contributed by atoms with Crippen molar-refractivity contribution in [3.63, 3.8) is 0 Å². The zero-order valence-electron chi connectivity index (χ0n) is 7.52. The minimum Gasteiger partial charge on any atom is -0.434 e. The fourth-order valence-electron chi connectivity index (χ4n) is 0.601. The van der Waals surface area contributed by atoms with Crippen LogP contribution in [0.15, 0.2) is 10.9 Å². The van der Waals surface area contributed by atoms with Gasteiger partial charge in [0.1, 0.15) is 0 Å². The number of aromatic nitrogens is 1. The number of hydrogen-bond donors (Lipinski definition) is 0. The number of hydrogen-bond acceptors (Lipinski definition) is 5. The van der Waals surface area contributed by atoms with Gasteiger partial charge in [0.2, 0.25) is 5.88 Å². The van der Waals surface area contributed by atoms with Crippen LogP contribution in [-0.2, 0) is 4.74 Å².